The van der Waals surface area contributed by atoms with Gasteiger partial charge in [0.2, 0.25) is 0 Å². The molecule has 2 aliphatic rings. The number of hydrogen-bond donors (Lipinski definition) is 1. The third-order valence-electron chi connectivity index (χ3n) is 5.09. The van der Waals surface area contributed by atoms with Gasteiger partial charge >= 0.3 is 0 Å². The van der Waals surface area contributed by atoms with Crippen LogP contribution in [0.15, 0.2) is 30.3 Å². The van der Waals surface area contributed by atoms with E-state index < -0.39 is 0 Å². The first-order chi connectivity index (χ1) is 9.22. The molecule has 1 saturated heterocycles. The van der Waals surface area contributed by atoms with Crippen LogP contribution in [0.4, 0.5) is 0 Å². The third kappa shape index (κ3) is 3.01. The summed E-state index contributed by atoms with van der Waals surface area (Å²) in [5.41, 5.74) is 1.53. The van der Waals surface area contributed by atoms with E-state index in [1.807, 2.05) is 0 Å². The normalized spacial score (nSPS) is 35.9. The van der Waals surface area contributed by atoms with Crippen LogP contribution < -0.4 is 5.32 Å². The first-order valence-corrected chi connectivity index (χ1v) is 7.73. The van der Waals surface area contributed by atoms with Crippen LogP contribution in [0, 0.1) is 0 Å². The van der Waals surface area contributed by atoms with Crippen molar-refractivity contribution in [3.63, 3.8) is 0 Å². The summed E-state index contributed by atoms with van der Waals surface area (Å²) in [4.78, 5) is 2.48. The van der Waals surface area contributed by atoms with Gasteiger partial charge in [0.25, 0.3) is 0 Å². The van der Waals surface area contributed by atoms with Crippen molar-refractivity contribution in [2.75, 3.05) is 13.6 Å². The minimum Gasteiger partial charge on any atom is -0.311 e. The van der Waals surface area contributed by atoms with E-state index in [0.29, 0.717) is 0 Å². The Balaban J connectivity index is 1.45. The highest BCUT2D eigenvalue weighted by atomic mass is 15.1. The van der Waals surface area contributed by atoms with Crippen LogP contribution in [0.25, 0.3) is 0 Å². The zero-order valence-corrected chi connectivity index (χ0v) is 12.2. The van der Waals surface area contributed by atoms with Crippen molar-refractivity contribution in [2.24, 2.45) is 0 Å². The maximum absolute atomic E-state index is 3.88. The summed E-state index contributed by atoms with van der Waals surface area (Å²) in [6, 6.07) is 13.2. The Labute approximate surface area is 117 Å². The smallest absolute Gasteiger partial charge is 0.00966 e. The zero-order chi connectivity index (χ0) is 13.2. The van der Waals surface area contributed by atoms with Crippen LogP contribution in [-0.4, -0.2) is 36.6 Å². The van der Waals surface area contributed by atoms with Crippen molar-refractivity contribution in [3.05, 3.63) is 35.9 Å². The summed E-state index contributed by atoms with van der Waals surface area (Å²) in [7, 11) is 2.25. The lowest BCUT2D eigenvalue weighted by Crippen LogP contribution is -2.51. The summed E-state index contributed by atoms with van der Waals surface area (Å²) < 4.78 is 0. The molecule has 2 heteroatoms. The molecule has 1 aromatic rings. The average Bonchev–Trinajstić information content (AvgIpc) is 2.38. The van der Waals surface area contributed by atoms with Gasteiger partial charge in [0, 0.05) is 18.1 Å². The van der Waals surface area contributed by atoms with Crippen molar-refractivity contribution >= 4 is 0 Å². The first kappa shape index (κ1) is 13.1. The first-order valence-electron chi connectivity index (χ1n) is 7.73. The quantitative estimate of drug-likeness (QED) is 0.896. The van der Waals surface area contributed by atoms with Crippen LogP contribution in [0.5, 0.6) is 0 Å². The van der Waals surface area contributed by atoms with Gasteiger partial charge in [-0.3, -0.25) is 0 Å². The maximum Gasteiger partial charge on any atom is 0.00966 e. The highest BCUT2D eigenvalue weighted by Gasteiger charge is 2.33. The van der Waals surface area contributed by atoms with E-state index in [0.717, 1.165) is 24.0 Å². The number of likely N-dealkylation sites (tertiary alicyclic amines) is 1. The third-order valence-corrected chi connectivity index (χ3v) is 5.09. The second-order valence-electron chi connectivity index (χ2n) is 6.49. The summed E-state index contributed by atoms with van der Waals surface area (Å²) in [6.45, 7) is 3.59. The molecule has 1 aromatic carbocycles. The zero-order valence-electron chi connectivity index (χ0n) is 12.2. The molecule has 0 radical (unpaired) electrons. The second kappa shape index (κ2) is 5.64. The topological polar surface area (TPSA) is 15.3 Å². The monoisotopic (exact) mass is 258 g/mol. The van der Waals surface area contributed by atoms with Crippen molar-refractivity contribution in [1.29, 1.82) is 0 Å². The number of rotatable bonds is 3. The van der Waals surface area contributed by atoms with E-state index in [1.165, 1.54) is 37.8 Å². The molecule has 19 heavy (non-hydrogen) atoms. The highest BCUT2D eigenvalue weighted by Crippen LogP contribution is 2.37. The molecule has 2 atom stereocenters. The number of nitrogens with zero attached hydrogens (tertiary/aromatic N) is 1. The Bertz CT molecular complexity index is 397. The molecule has 104 valence electrons. The summed E-state index contributed by atoms with van der Waals surface area (Å²) in [6.07, 6.45) is 5.27. The van der Waals surface area contributed by atoms with Crippen LogP contribution in [0.3, 0.4) is 0 Å². The average molecular weight is 258 g/mol. The minimum atomic E-state index is 0.733. The lowest BCUT2D eigenvalue weighted by molar-refractivity contribution is 0.147. The van der Waals surface area contributed by atoms with Crippen molar-refractivity contribution in [2.45, 2.75) is 56.7 Å². The van der Waals surface area contributed by atoms with Gasteiger partial charge < -0.3 is 10.2 Å². The Kier molecular flexibility index (Phi) is 3.90. The van der Waals surface area contributed by atoms with Gasteiger partial charge in [-0.05, 0) is 57.7 Å². The fraction of sp³-hybridized carbons (Fsp3) is 0.647. The molecule has 1 aliphatic heterocycles. The van der Waals surface area contributed by atoms with Crippen molar-refractivity contribution in [1.82, 2.24) is 10.2 Å². The summed E-state index contributed by atoms with van der Waals surface area (Å²) in [5.74, 6) is 0.794. The summed E-state index contributed by atoms with van der Waals surface area (Å²) in [5, 5.41) is 3.88. The van der Waals surface area contributed by atoms with Gasteiger partial charge in [0.1, 0.15) is 0 Å². The van der Waals surface area contributed by atoms with Crippen molar-refractivity contribution < 1.29 is 0 Å². The Morgan fingerprint density at radius 3 is 2.47 bits per heavy atom. The van der Waals surface area contributed by atoms with E-state index in [-0.39, 0.29) is 0 Å². The Hall–Kier alpha value is -0.860. The van der Waals surface area contributed by atoms with Gasteiger partial charge in [-0.25, -0.2) is 0 Å². The molecule has 1 N–H and O–H groups in total. The maximum atomic E-state index is 3.88. The summed E-state index contributed by atoms with van der Waals surface area (Å²) >= 11 is 0. The molecule has 3 rings (SSSR count). The fourth-order valence-electron chi connectivity index (χ4n) is 3.53. The molecule has 0 amide bonds. The molecule has 1 saturated carbocycles. The standard InChI is InChI=1S/C17H26N2/c1-13-10-16(8-9-19(13)2)18-17-11-15(12-17)14-6-4-3-5-7-14/h3-7,13,15-18H,8-12H2,1-2H3. The molecule has 2 unspecified atom stereocenters. The fourth-order valence-corrected chi connectivity index (χ4v) is 3.53. The van der Waals surface area contributed by atoms with Gasteiger partial charge in [0.15, 0.2) is 0 Å². The second-order valence-corrected chi connectivity index (χ2v) is 6.49. The van der Waals surface area contributed by atoms with Crippen LogP contribution in [0.2, 0.25) is 0 Å². The number of nitrogens with one attached hydrogen (secondary N) is 1. The van der Waals surface area contributed by atoms with Gasteiger partial charge in [0.05, 0.1) is 0 Å². The molecule has 0 bridgehead atoms. The largest absolute Gasteiger partial charge is 0.311 e. The highest BCUT2D eigenvalue weighted by molar-refractivity contribution is 5.22. The van der Waals surface area contributed by atoms with Gasteiger partial charge in [-0.15, -0.1) is 0 Å². The van der Waals surface area contributed by atoms with Gasteiger partial charge in [-0.1, -0.05) is 30.3 Å². The SMILES string of the molecule is CC1CC(NC2CC(c3ccccc3)C2)CCN1C. The minimum absolute atomic E-state index is 0.733. The van der Waals surface area contributed by atoms with Gasteiger partial charge in [-0.2, -0.15) is 0 Å². The number of hydrogen-bond acceptors (Lipinski definition) is 2. The van der Waals surface area contributed by atoms with E-state index in [4.69, 9.17) is 0 Å². The van der Waals surface area contributed by atoms with E-state index >= 15 is 0 Å². The lowest BCUT2D eigenvalue weighted by atomic mass is 9.75. The van der Waals surface area contributed by atoms with E-state index in [9.17, 15) is 0 Å². The lowest BCUT2D eigenvalue weighted by Gasteiger charge is -2.42. The van der Waals surface area contributed by atoms with E-state index in [2.05, 4.69) is 54.5 Å². The number of benzene rings is 1. The Morgan fingerprint density at radius 1 is 1.05 bits per heavy atom. The molecule has 0 spiro atoms. The van der Waals surface area contributed by atoms with Crippen LogP contribution in [0.1, 0.15) is 44.1 Å². The van der Waals surface area contributed by atoms with Crippen LogP contribution >= 0.6 is 0 Å². The molecule has 1 aliphatic carbocycles. The Morgan fingerprint density at radius 2 is 1.79 bits per heavy atom. The van der Waals surface area contributed by atoms with E-state index in [1.54, 1.807) is 0 Å². The predicted octanol–water partition coefficient (Wildman–Crippen LogP) is 3.00. The molecule has 1 heterocycles. The van der Waals surface area contributed by atoms with Crippen molar-refractivity contribution in [3.8, 4) is 0 Å². The molecule has 2 fully saturated rings. The molecular formula is C17H26N2. The predicted molar refractivity (Wildman–Crippen MR) is 80.5 cm³/mol. The number of piperidine rings is 1. The molecular weight excluding hydrogens is 232 g/mol. The van der Waals surface area contributed by atoms with Crippen LogP contribution in [-0.2, 0) is 0 Å². The molecule has 0 aromatic heterocycles. The molecule has 2 nitrogen and oxygen atoms in total.